The van der Waals surface area contributed by atoms with Gasteiger partial charge in [-0.2, -0.15) is 5.10 Å². The van der Waals surface area contributed by atoms with Crippen molar-refractivity contribution in [3.63, 3.8) is 0 Å². The molecule has 1 aromatic heterocycles. The van der Waals surface area contributed by atoms with Crippen LogP contribution in [0.25, 0.3) is 0 Å². The normalized spacial score (nSPS) is 16.5. The molecule has 1 fully saturated rings. The summed E-state index contributed by atoms with van der Waals surface area (Å²) in [5.41, 5.74) is 0.523. The molecule has 0 aliphatic heterocycles. The van der Waals surface area contributed by atoms with Crippen LogP contribution in [0.5, 0.6) is 0 Å². The number of urea groups is 1. The van der Waals surface area contributed by atoms with E-state index in [1.165, 1.54) is 0 Å². The van der Waals surface area contributed by atoms with Crippen LogP contribution in [0.3, 0.4) is 0 Å². The zero-order chi connectivity index (χ0) is 15.5. The summed E-state index contributed by atoms with van der Waals surface area (Å²) in [6, 6.07) is -0.521. The Kier molecular flexibility index (Phi) is 4.35. The topological polar surface area (TPSA) is 117 Å². The molecule has 8 nitrogen and oxygen atoms in total. The molecule has 0 radical (unpaired) electrons. The van der Waals surface area contributed by atoms with Crippen LogP contribution in [-0.2, 0) is 4.79 Å². The molecule has 0 unspecified atom stereocenters. The molecule has 1 aliphatic carbocycles. The number of aliphatic carboxylic acids is 1. The molecule has 2 rings (SSSR count). The minimum atomic E-state index is -0.857. The first-order chi connectivity index (χ1) is 9.93. The molecule has 1 heterocycles. The van der Waals surface area contributed by atoms with Gasteiger partial charge in [-0.3, -0.25) is 10.1 Å². The van der Waals surface area contributed by atoms with Crippen LogP contribution < -0.4 is 10.6 Å². The van der Waals surface area contributed by atoms with E-state index in [1.807, 2.05) is 0 Å². The fourth-order valence-electron chi connectivity index (χ4n) is 2.42. The van der Waals surface area contributed by atoms with Crippen molar-refractivity contribution in [2.45, 2.75) is 39.5 Å². The van der Waals surface area contributed by atoms with Crippen molar-refractivity contribution in [2.24, 2.45) is 5.41 Å². The van der Waals surface area contributed by atoms with E-state index in [2.05, 4.69) is 25.8 Å². The summed E-state index contributed by atoms with van der Waals surface area (Å²) in [7, 11) is 0. The number of carboxylic acid groups (broad SMARTS) is 1. The third-order valence-electron chi connectivity index (χ3n) is 3.92. The first kappa shape index (κ1) is 15.1. The van der Waals surface area contributed by atoms with Crippen molar-refractivity contribution in [3.8, 4) is 0 Å². The summed E-state index contributed by atoms with van der Waals surface area (Å²) in [6.45, 7) is 3.65. The highest BCUT2D eigenvalue weighted by molar-refractivity contribution is 5.88. The predicted octanol–water partition coefficient (Wildman–Crippen LogP) is 1.25. The lowest BCUT2D eigenvalue weighted by molar-refractivity contribution is -0.148. The molecule has 21 heavy (non-hydrogen) atoms. The molecule has 0 aromatic carbocycles. The van der Waals surface area contributed by atoms with Gasteiger partial charge in [0, 0.05) is 6.54 Å². The number of aromatic nitrogens is 3. The molecule has 0 bridgehead atoms. The lowest BCUT2D eigenvalue weighted by Gasteiger charge is -2.23. The largest absolute Gasteiger partial charge is 0.481 e. The van der Waals surface area contributed by atoms with E-state index >= 15 is 0 Å². The summed E-state index contributed by atoms with van der Waals surface area (Å²) in [4.78, 5) is 27.3. The van der Waals surface area contributed by atoms with Crippen molar-refractivity contribution in [1.29, 1.82) is 0 Å². The monoisotopic (exact) mass is 293 g/mol. The van der Waals surface area contributed by atoms with Gasteiger partial charge in [-0.1, -0.05) is 12.8 Å². The zero-order valence-electron chi connectivity index (χ0n) is 12.1. The summed E-state index contributed by atoms with van der Waals surface area (Å²) in [6.07, 6.45) is 2.92. The number of anilines is 1. The first-order valence-corrected chi connectivity index (χ1v) is 6.89. The Hall–Kier alpha value is -2.25. The van der Waals surface area contributed by atoms with Crippen molar-refractivity contribution in [2.75, 3.05) is 11.9 Å². The zero-order valence-corrected chi connectivity index (χ0v) is 12.1. The number of carbonyl (C=O) groups excluding carboxylic acids is 1. The van der Waals surface area contributed by atoms with Crippen LogP contribution >= 0.6 is 0 Å². The first-order valence-electron chi connectivity index (χ1n) is 6.89. The highest BCUT2D eigenvalue weighted by Gasteiger charge is 2.41. The smallest absolute Gasteiger partial charge is 0.321 e. The predicted molar refractivity (Wildman–Crippen MR) is 74.9 cm³/mol. The minimum Gasteiger partial charge on any atom is -0.481 e. The molecule has 0 spiro atoms. The average molecular weight is 293 g/mol. The Morgan fingerprint density at radius 2 is 1.86 bits per heavy atom. The quantitative estimate of drug-likeness (QED) is 0.769. The highest BCUT2D eigenvalue weighted by atomic mass is 16.4. The number of rotatable bonds is 4. The number of hydrogen-bond donors (Lipinski definition) is 3. The maximum Gasteiger partial charge on any atom is 0.321 e. The molecular weight excluding hydrogens is 274 g/mol. The maximum absolute atomic E-state index is 11.8. The van der Waals surface area contributed by atoms with Crippen LogP contribution in [0.2, 0.25) is 0 Å². The standard InChI is InChI=1S/C13H19N5O3/c1-8-9(2)17-18-11(15-8)16-12(21)14-7-13(10(19)20)5-3-4-6-13/h3-7H2,1-2H3,(H,19,20)(H2,14,15,16,18,21). The van der Waals surface area contributed by atoms with Crippen molar-refractivity contribution < 1.29 is 14.7 Å². The molecule has 1 aliphatic rings. The second kappa shape index (κ2) is 6.02. The summed E-state index contributed by atoms with van der Waals surface area (Å²) < 4.78 is 0. The van der Waals surface area contributed by atoms with E-state index in [9.17, 15) is 14.7 Å². The fourth-order valence-corrected chi connectivity index (χ4v) is 2.42. The molecule has 0 atom stereocenters. The van der Waals surface area contributed by atoms with Crippen molar-refractivity contribution in [1.82, 2.24) is 20.5 Å². The molecule has 114 valence electrons. The summed E-state index contributed by atoms with van der Waals surface area (Å²) in [5, 5.41) is 22.0. The van der Waals surface area contributed by atoms with E-state index < -0.39 is 17.4 Å². The molecule has 0 saturated heterocycles. The Labute approximate surface area is 122 Å². The molecule has 1 saturated carbocycles. The van der Waals surface area contributed by atoms with Crippen molar-refractivity contribution in [3.05, 3.63) is 11.4 Å². The van der Waals surface area contributed by atoms with Gasteiger partial charge < -0.3 is 10.4 Å². The van der Waals surface area contributed by atoms with Gasteiger partial charge in [-0.05, 0) is 26.7 Å². The third kappa shape index (κ3) is 3.45. The fraction of sp³-hybridized carbons (Fsp3) is 0.615. The Morgan fingerprint density at radius 3 is 2.43 bits per heavy atom. The van der Waals surface area contributed by atoms with Gasteiger partial charge in [0.25, 0.3) is 5.95 Å². The van der Waals surface area contributed by atoms with Gasteiger partial charge in [0.1, 0.15) is 0 Å². The van der Waals surface area contributed by atoms with Gasteiger partial charge in [0.05, 0.1) is 16.8 Å². The van der Waals surface area contributed by atoms with Crippen LogP contribution in [0, 0.1) is 19.3 Å². The van der Waals surface area contributed by atoms with E-state index in [1.54, 1.807) is 13.8 Å². The van der Waals surface area contributed by atoms with Crippen molar-refractivity contribution >= 4 is 17.9 Å². The lowest BCUT2D eigenvalue weighted by atomic mass is 9.86. The Balaban J connectivity index is 1.92. The van der Waals surface area contributed by atoms with E-state index in [0.717, 1.165) is 12.8 Å². The molecule has 3 N–H and O–H groups in total. The Morgan fingerprint density at radius 1 is 1.19 bits per heavy atom. The highest BCUT2D eigenvalue weighted by Crippen LogP contribution is 2.37. The van der Waals surface area contributed by atoms with Gasteiger partial charge in [-0.15, -0.1) is 5.10 Å². The third-order valence-corrected chi connectivity index (χ3v) is 3.92. The molecule has 2 amide bonds. The number of hydrogen-bond acceptors (Lipinski definition) is 5. The van der Waals surface area contributed by atoms with Crippen LogP contribution in [-0.4, -0.2) is 38.8 Å². The average Bonchev–Trinajstić information content (AvgIpc) is 2.91. The van der Waals surface area contributed by atoms with E-state index in [4.69, 9.17) is 0 Å². The van der Waals surface area contributed by atoms with E-state index in [-0.39, 0.29) is 12.5 Å². The van der Waals surface area contributed by atoms with Crippen LogP contribution in [0.1, 0.15) is 37.1 Å². The number of nitrogens with one attached hydrogen (secondary N) is 2. The lowest BCUT2D eigenvalue weighted by Crippen LogP contribution is -2.43. The van der Waals surface area contributed by atoms with Crippen LogP contribution in [0.4, 0.5) is 10.7 Å². The summed E-state index contributed by atoms with van der Waals surface area (Å²) in [5.74, 6) is -0.754. The van der Waals surface area contributed by atoms with Gasteiger partial charge in [0.15, 0.2) is 0 Å². The molecule has 1 aromatic rings. The second-order valence-electron chi connectivity index (χ2n) is 5.41. The number of carbonyl (C=O) groups is 2. The molecular formula is C13H19N5O3. The van der Waals surface area contributed by atoms with Gasteiger partial charge >= 0.3 is 12.0 Å². The van der Waals surface area contributed by atoms with Gasteiger partial charge in [-0.25, -0.2) is 9.78 Å². The number of carboxylic acids is 1. The number of nitrogens with zero attached hydrogens (tertiary/aromatic N) is 3. The number of amides is 2. The Bertz CT molecular complexity index is 555. The maximum atomic E-state index is 11.8. The summed E-state index contributed by atoms with van der Waals surface area (Å²) >= 11 is 0. The number of aryl methyl sites for hydroxylation is 2. The van der Waals surface area contributed by atoms with Gasteiger partial charge in [0.2, 0.25) is 0 Å². The van der Waals surface area contributed by atoms with Crippen LogP contribution in [0.15, 0.2) is 0 Å². The minimum absolute atomic E-state index is 0.103. The molecule has 8 heteroatoms. The SMILES string of the molecule is Cc1nnc(NC(=O)NCC2(C(=O)O)CCCC2)nc1C. The van der Waals surface area contributed by atoms with E-state index in [0.29, 0.717) is 24.2 Å². The second-order valence-corrected chi connectivity index (χ2v) is 5.41.